The van der Waals surface area contributed by atoms with E-state index < -0.39 is 0 Å². The number of aromatic nitrogens is 1. The molecule has 1 aromatic heterocycles. The second-order valence-corrected chi connectivity index (χ2v) is 6.63. The second-order valence-electron chi connectivity index (χ2n) is 6.63. The van der Waals surface area contributed by atoms with Crippen molar-refractivity contribution in [1.82, 2.24) is 14.8 Å². The molecule has 0 spiro atoms. The van der Waals surface area contributed by atoms with Gasteiger partial charge in [0.15, 0.2) is 0 Å². The lowest BCUT2D eigenvalue weighted by atomic mass is 9.88. The van der Waals surface area contributed by atoms with Gasteiger partial charge in [-0.25, -0.2) is 0 Å². The van der Waals surface area contributed by atoms with Gasteiger partial charge in [0, 0.05) is 43.6 Å². The molecule has 0 amide bonds. The molecule has 2 rings (SSSR count). The van der Waals surface area contributed by atoms with E-state index in [1.807, 2.05) is 18.5 Å². The van der Waals surface area contributed by atoms with Gasteiger partial charge in [0.1, 0.15) is 0 Å². The molecule has 21 heavy (non-hydrogen) atoms. The van der Waals surface area contributed by atoms with Crippen LogP contribution in [0.3, 0.4) is 0 Å². The molecule has 0 aliphatic carbocycles. The third-order valence-corrected chi connectivity index (χ3v) is 5.01. The third-order valence-electron chi connectivity index (χ3n) is 5.01. The van der Waals surface area contributed by atoms with Crippen molar-refractivity contribution in [1.29, 1.82) is 0 Å². The van der Waals surface area contributed by atoms with Crippen LogP contribution in [0.1, 0.15) is 38.7 Å². The summed E-state index contributed by atoms with van der Waals surface area (Å²) >= 11 is 0. The van der Waals surface area contributed by atoms with Crippen LogP contribution in [-0.2, 0) is 6.54 Å². The fourth-order valence-electron chi connectivity index (χ4n) is 3.39. The fourth-order valence-corrected chi connectivity index (χ4v) is 3.39. The standard InChI is InChI=1S/C17H30N4/c1-15(2)21-10-5-7-17(14-18,8-11-21)20(3)13-16-6-4-9-19-12-16/h4,6,9,12,15H,5,7-8,10-11,13-14,18H2,1-3H3. The Labute approximate surface area is 129 Å². The lowest BCUT2D eigenvalue weighted by Gasteiger charge is -2.41. The van der Waals surface area contributed by atoms with Crippen molar-refractivity contribution >= 4 is 0 Å². The molecule has 1 aliphatic rings. The predicted octanol–water partition coefficient (Wildman–Crippen LogP) is 2.11. The third kappa shape index (κ3) is 4.02. The summed E-state index contributed by atoms with van der Waals surface area (Å²) in [6.07, 6.45) is 7.35. The zero-order chi connectivity index (χ0) is 15.3. The Morgan fingerprint density at radius 3 is 2.81 bits per heavy atom. The molecule has 4 nitrogen and oxygen atoms in total. The number of nitrogens with zero attached hydrogens (tertiary/aromatic N) is 3. The van der Waals surface area contributed by atoms with Gasteiger partial charge in [-0.15, -0.1) is 0 Å². The minimum atomic E-state index is 0.124. The average Bonchev–Trinajstić information content (AvgIpc) is 2.71. The Kier molecular flexibility index (Phi) is 5.73. The Hall–Kier alpha value is -0.970. The molecule has 1 atom stereocenters. The topological polar surface area (TPSA) is 45.4 Å². The van der Waals surface area contributed by atoms with Gasteiger partial charge in [-0.05, 0) is 58.3 Å². The number of rotatable bonds is 5. The van der Waals surface area contributed by atoms with E-state index in [4.69, 9.17) is 5.73 Å². The number of hydrogen-bond acceptors (Lipinski definition) is 4. The molecular weight excluding hydrogens is 260 g/mol. The molecule has 0 bridgehead atoms. The molecule has 1 aliphatic heterocycles. The lowest BCUT2D eigenvalue weighted by Crippen LogP contribution is -2.52. The summed E-state index contributed by atoms with van der Waals surface area (Å²) in [7, 11) is 2.21. The van der Waals surface area contributed by atoms with Gasteiger partial charge in [0.2, 0.25) is 0 Å². The van der Waals surface area contributed by atoms with Gasteiger partial charge >= 0.3 is 0 Å². The first-order valence-electron chi connectivity index (χ1n) is 8.12. The van der Waals surface area contributed by atoms with E-state index in [-0.39, 0.29) is 5.54 Å². The van der Waals surface area contributed by atoms with Crippen LogP contribution < -0.4 is 5.73 Å². The zero-order valence-corrected chi connectivity index (χ0v) is 13.8. The Bertz CT molecular complexity index is 420. The maximum absolute atomic E-state index is 6.21. The van der Waals surface area contributed by atoms with Crippen molar-refractivity contribution in [3.63, 3.8) is 0 Å². The van der Waals surface area contributed by atoms with Crippen molar-refractivity contribution in [2.24, 2.45) is 5.73 Å². The molecule has 0 saturated carbocycles. The van der Waals surface area contributed by atoms with Crippen molar-refractivity contribution in [3.8, 4) is 0 Å². The van der Waals surface area contributed by atoms with E-state index in [0.717, 1.165) is 26.1 Å². The first kappa shape index (κ1) is 16.4. The van der Waals surface area contributed by atoms with Crippen LogP contribution in [0.25, 0.3) is 0 Å². The molecule has 1 aromatic rings. The Morgan fingerprint density at radius 2 is 2.19 bits per heavy atom. The van der Waals surface area contributed by atoms with E-state index in [0.29, 0.717) is 6.04 Å². The zero-order valence-electron chi connectivity index (χ0n) is 13.8. The maximum Gasteiger partial charge on any atom is 0.0344 e. The van der Waals surface area contributed by atoms with Gasteiger partial charge in [0.25, 0.3) is 0 Å². The van der Waals surface area contributed by atoms with Crippen LogP contribution >= 0.6 is 0 Å². The van der Waals surface area contributed by atoms with E-state index in [9.17, 15) is 0 Å². The highest BCUT2D eigenvalue weighted by Crippen LogP contribution is 2.29. The molecule has 2 heterocycles. The molecular formula is C17H30N4. The minimum Gasteiger partial charge on any atom is -0.329 e. The largest absolute Gasteiger partial charge is 0.329 e. The predicted molar refractivity (Wildman–Crippen MR) is 88.0 cm³/mol. The molecule has 0 aromatic carbocycles. The normalized spacial score (nSPS) is 24.5. The molecule has 1 saturated heterocycles. The summed E-state index contributed by atoms with van der Waals surface area (Å²) in [6, 6.07) is 4.78. The summed E-state index contributed by atoms with van der Waals surface area (Å²) in [6.45, 7) is 8.57. The van der Waals surface area contributed by atoms with E-state index in [1.54, 1.807) is 0 Å². The summed E-state index contributed by atoms with van der Waals surface area (Å²) in [5.74, 6) is 0. The molecule has 2 N–H and O–H groups in total. The van der Waals surface area contributed by atoms with Gasteiger partial charge in [-0.3, -0.25) is 9.88 Å². The highest BCUT2D eigenvalue weighted by molar-refractivity contribution is 5.09. The minimum absolute atomic E-state index is 0.124. The van der Waals surface area contributed by atoms with Gasteiger partial charge in [-0.2, -0.15) is 0 Å². The van der Waals surface area contributed by atoms with E-state index in [2.05, 4.69) is 41.7 Å². The number of likely N-dealkylation sites (tertiary alicyclic amines) is 1. The maximum atomic E-state index is 6.21. The average molecular weight is 290 g/mol. The van der Waals surface area contributed by atoms with Crippen LogP contribution in [-0.4, -0.2) is 53.0 Å². The molecule has 0 radical (unpaired) electrons. The van der Waals surface area contributed by atoms with Gasteiger partial charge in [0.05, 0.1) is 0 Å². The van der Waals surface area contributed by atoms with Crippen molar-refractivity contribution < 1.29 is 0 Å². The van der Waals surface area contributed by atoms with E-state index >= 15 is 0 Å². The first-order valence-corrected chi connectivity index (χ1v) is 8.12. The first-order chi connectivity index (χ1) is 10.1. The fraction of sp³-hybridized carbons (Fsp3) is 0.706. The monoisotopic (exact) mass is 290 g/mol. The number of nitrogens with two attached hydrogens (primary N) is 1. The van der Waals surface area contributed by atoms with Crippen LogP contribution in [0.15, 0.2) is 24.5 Å². The van der Waals surface area contributed by atoms with Crippen LogP contribution in [0.5, 0.6) is 0 Å². The highest BCUT2D eigenvalue weighted by atomic mass is 15.2. The van der Waals surface area contributed by atoms with Crippen LogP contribution in [0.4, 0.5) is 0 Å². The molecule has 4 heteroatoms. The highest BCUT2D eigenvalue weighted by Gasteiger charge is 2.35. The Morgan fingerprint density at radius 1 is 1.38 bits per heavy atom. The smallest absolute Gasteiger partial charge is 0.0344 e. The van der Waals surface area contributed by atoms with Crippen LogP contribution in [0, 0.1) is 0 Å². The number of hydrogen-bond donors (Lipinski definition) is 1. The molecule has 1 unspecified atom stereocenters. The molecule has 118 valence electrons. The molecule has 1 fully saturated rings. The summed E-state index contributed by atoms with van der Waals surface area (Å²) in [5.41, 5.74) is 7.59. The second kappa shape index (κ2) is 7.34. The van der Waals surface area contributed by atoms with Crippen molar-refractivity contribution in [2.45, 2.75) is 51.2 Å². The van der Waals surface area contributed by atoms with Crippen molar-refractivity contribution in [2.75, 3.05) is 26.7 Å². The van der Waals surface area contributed by atoms with Gasteiger partial charge < -0.3 is 10.6 Å². The summed E-state index contributed by atoms with van der Waals surface area (Å²) in [5, 5.41) is 0. The SMILES string of the molecule is CC(C)N1CCCC(CN)(N(C)Cc2cccnc2)CC1. The Balaban J connectivity index is 2.06. The van der Waals surface area contributed by atoms with Gasteiger partial charge in [-0.1, -0.05) is 6.07 Å². The summed E-state index contributed by atoms with van der Waals surface area (Å²) < 4.78 is 0. The van der Waals surface area contributed by atoms with Crippen LogP contribution in [0.2, 0.25) is 0 Å². The quantitative estimate of drug-likeness (QED) is 0.902. The summed E-state index contributed by atoms with van der Waals surface area (Å²) in [4.78, 5) is 9.25. The number of likely N-dealkylation sites (N-methyl/N-ethyl adjacent to an activating group) is 1. The van der Waals surface area contributed by atoms with Crippen molar-refractivity contribution in [3.05, 3.63) is 30.1 Å². The lowest BCUT2D eigenvalue weighted by molar-refractivity contribution is 0.0973. The number of pyridine rings is 1. The van der Waals surface area contributed by atoms with E-state index in [1.165, 1.54) is 24.9 Å².